The molecule has 0 fully saturated rings. The molecule has 0 heterocycles. The van der Waals surface area contributed by atoms with Gasteiger partial charge in [-0.3, -0.25) is 0 Å². The molecular formula is C56H36F12Zr. The molecule has 0 aliphatic heterocycles. The number of fused-ring (bicyclic) bond motifs is 4. The predicted octanol–water partition coefficient (Wildman–Crippen LogP) is 16.8. The summed E-state index contributed by atoms with van der Waals surface area (Å²) >= 11 is 0. The zero-order valence-corrected chi connectivity index (χ0v) is 39.1. The third-order valence-electron chi connectivity index (χ3n) is 14.0. The van der Waals surface area contributed by atoms with Crippen molar-refractivity contribution in [3.05, 3.63) is 235 Å². The van der Waals surface area contributed by atoms with Crippen molar-refractivity contribution in [2.24, 2.45) is 0 Å². The molecule has 2 aliphatic carbocycles. The third kappa shape index (κ3) is 7.22. The standard InChI is InChI=1S/C56H36F12.Zr/c1-30-24-37(53(57,58)59)20-22-43(30)51(45-18-10-6-14-35(45)28-47(51)55(63,64)65)49-39-16-8-4-12-33(39)26-41(49)32(3)42-27-34-13-5-9-17-40(34)50(42)52(44-23-21-38(25-31(44)2)54(60,61)62)46-19-11-7-15-36(46)29-48(52)56(66,67)68;/h4-29,32H,1-3H3;/q-2;+2. The second-order valence-corrected chi connectivity index (χ2v) is 17.7. The maximum absolute atomic E-state index is 16.2. The molecule has 13 heteroatoms. The Labute approximate surface area is 407 Å². The van der Waals surface area contributed by atoms with Crippen molar-refractivity contribution in [1.82, 2.24) is 0 Å². The van der Waals surface area contributed by atoms with Crippen LogP contribution >= 0.6 is 0 Å². The molecule has 0 nitrogen and oxygen atoms in total. The van der Waals surface area contributed by atoms with Gasteiger partial charge >= 0.3 is 50.9 Å². The zero-order valence-electron chi connectivity index (χ0n) is 36.6. The van der Waals surface area contributed by atoms with Crippen molar-refractivity contribution < 1.29 is 78.9 Å². The number of allylic oxidation sites excluding steroid dienone is 2. The van der Waals surface area contributed by atoms with Gasteiger partial charge in [0.05, 0.1) is 11.1 Å². The van der Waals surface area contributed by atoms with Crippen molar-refractivity contribution in [2.45, 2.75) is 62.2 Å². The first-order chi connectivity index (χ1) is 32.0. The summed E-state index contributed by atoms with van der Waals surface area (Å²) in [6, 6.07) is 34.2. The van der Waals surface area contributed by atoms with E-state index in [-0.39, 0.29) is 93.0 Å². The van der Waals surface area contributed by atoms with Crippen LogP contribution in [0.3, 0.4) is 0 Å². The van der Waals surface area contributed by atoms with Crippen LogP contribution < -0.4 is 0 Å². The van der Waals surface area contributed by atoms with E-state index in [0.717, 1.165) is 48.6 Å². The Morgan fingerprint density at radius 3 is 1.10 bits per heavy atom. The molecule has 0 bridgehead atoms. The fourth-order valence-electron chi connectivity index (χ4n) is 11.4. The summed E-state index contributed by atoms with van der Waals surface area (Å²) in [4.78, 5) is 0. The van der Waals surface area contributed by atoms with Gasteiger partial charge in [0.1, 0.15) is 0 Å². The normalized spacial score (nSPS) is 18.8. The van der Waals surface area contributed by atoms with Gasteiger partial charge in [-0.15, -0.1) is 80.2 Å². The Morgan fingerprint density at radius 2 is 0.754 bits per heavy atom. The number of aryl methyl sites for hydroxylation is 2. The maximum atomic E-state index is 16.2. The van der Waals surface area contributed by atoms with E-state index in [2.05, 4.69) is 0 Å². The Balaban J connectivity index is 0.00000593. The molecule has 0 radical (unpaired) electrons. The van der Waals surface area contributed by atoms with Crippen LogP contribution in [-0.2, 0) is 49.4 Å². The minimum Gasteiger partial charge on any atom is -0.166 e. The smallest absolute Gasteiger partial charge is 0.166 e. The second kappa shape index (κ2) is 16.3. The van der Waals surface area contributed by atoms with Crippen LogP contribution in [0.2, 0.25) is 0 Å². The Morgan fingerprint density at radius 1 is 0.406 bits per heavy atom. The first-order valence-corrected chi connectivity index (χ1v) is 21.5. The van der Waals surface area contributed by atoms with E-state index in [0.29, 0.717) is 21.5 Å². The van der Waals surface area contributed by atoms with Crippen LogP contribution in [0.5, 0.6) is 0 Å². The van der Waals surface area contributed by atoms with Gasteiger partial charge in [0.15, 0.2) is 0 Å². The summed E-state index contributed by atoms with van der Waals surface area (Å²) in [6.45, 7) is 4.33. The number of hydrogen-bond donors (Lipinski definition) is 0. The van der Waals surface area contributed by atoms with E-state index in [1.54, 1.807) is 91.9 Å². The average molecular weight is 1030 g/mol. The van der Waals surface area contributed by atoms with Gasteiger partial charge in [-0.1, -0.05) is 79.7 Å². The molecule has 69 heavy (non-hydrogen) atoms. The fraction of sp³-hybridized carbons (Fsp3) is 0.179. The molecule has 0 N–H and O–H groups in total. The molecule has 0 amide bonds. The number of halogens is 12. The average Bonchev–Trinajstić information content (AvgIpc) is 4.04. The minimum atomic E-state index is -5.09. The fourth-order valence-corrected chi connectivity index (χ4v) is 11.4. The van der Waals surface area contributed by atoms with Crippen molar-refractivity contribution in [1.29, 1.82) is 0 Å². The van der Waals surface area contributed by atoms with E-state index in [9.17, 15) is 26.3 Å². The van der Waals surface area contributed by atoms with Gasteiger partial charge < -0.3 is 0 Å². The summed E-state index contributed by atoms with van der Waals surface area (Å²) in [6.07, 6.45) is -17.8. The molecule has 2 unspecified atom stereocenters. The first kappa shape index (κ1) is 48.1. The molecule has 8 aromatic rings. The molecule has 0 saturated heterocycles. The van der Waals surface area contributed by atoms with E-state index in [4.69, 9.17) is 0 Å². The summed E-state index contributed by atoms with van der Waals surface area (Å²) in [5, 5.41) is 1.58. The Hall–Kier alpha value is -5.94. The van der Waals surface area contributed by atoms with Gasteiger partial charge in [-0.05, 0) is 101 Å². The molecule has 0 aromatic heterocycles. The van der Waals surface area contributed by atoms with E-state index in [1.165, 1.54) is 38.1 Å². The Bertz CT molecular complexity index is 3180. The monoisotopic (exact) mass is 1030 g/mol. The molecule has 2 aliphatic rings. The van der Waals surface area contributed by atoms with E-state index in [1.807, 2.05) is 0 Å². The third-order valence-corrected chi connectivity index (χ3v) is 14.0. The van der Waals surface area contributed by atoms with Gasteiger partial charge in [0, 0.05) is 22.0 Å². The molecule has 0 spiro atoms. The van der Waals surface area contributed by atoms with Gasteiger partial charge in [-0.2, -0.15) is 64.8 Å². The van der Waals surface area contributed by atoms with Crippen molar-refractivity contribution >= 4 is 33.7 Å². The predicted molar refractivity (Wildman–Crippen MR) is 240 cm³/mol. The SMILES string of the molecule is Cc1cc(C(F)(F)F)ccc1C1([c-]2c(C(C)c3cc4ccccc4[c-]3C3(c4ccc(C(F)(F)F)cc4C)C(C(F)(F)F)=Cc4ccccc43)cc3ccccc32)C(C(F)(F)F)=Cc2ccccc21.[Zr+2]. The van der Waals surface area contributed by atoms with Gasteiger partial charge in [0.2, 0.25) is 0 Å². The van der Waals surface area contributed by atoms with Crippen LogP contribution in [0.25, 0.3) is 33.7 Å². The van der Waals surface area contributed by atoms with E-state index < -0.39 is 63.7 Å². The minimum absolute atomic E-state index is 0. The second-order valence-electron chi connectivity index (χ2n) is 17.7. The van der Waals surface area contributed by atoms with Gasteiger partial charge in [-0.25, -0.2) is 0 Å². The van der Waals surface area contributed by atoms with Crippen LogP contribution in [0.1, 0.15) is 90.7 Å². The zero-order chi connectivity index (χ0) is 48.5. The van der Waals surface area contributed by atoms with Gasteiger partial charge in [0.25, 0.3) is 0 Å². The summed E-state index contributed by atoms with van der Waals surface area (Å²) in [5.74, 6) is -1.08. The molecule has 8 aromatic carbocycles. The van der Waals surface area contributed by atoms with E-state index >= 15 is 26.3 Å². The van der Waals surface area contributed by atoms with Crippen LogP contribution in [-0.4, -0.2) is 12.4 Å². The summed E-state index contributed by atoms with van der Waals surface area (Å²) in [5.41, 5.74) is -8.04. The number of benzene rings is 6. The topological polar surface area (TPSA) is 0 Å². The molecule has 10 rings (SSSR count). The largest absolute Gasteiger partial charge is 2.00 e. The Kier molecular flexibility index (Phi) is 11.4. The van der Waals surface area contributed by atoms with Crippen molar-refractivity contribution in [3.63, 3.8) is 0 Å². The quantitative estimate of drug-likeness (QED) is 0.115. The molecular weight excluding hydrogens is 992 g/mol. The number of hydrogen-bond acceptors (Lipinski definition) is 0. The molecule has 2 atom stereocenters. The maximum Gasteiger partial charge on any atom is 2.00 e. The first-order valence-electron chi connectivity index (χ1n) is 21.5. The van der Waals surface area contributed by atoms with Crippen molar-refractivity contribution in [3.8, 4) is 0 Å². The van der Waals surface area contributed by atoms with Crippen LogP contribution in [0.4, 0.5) is 52.7 Å². The summed E-state index contributed by atoms with van der Waals surface area (Å²) in [7, 11) is 0. The van der Waals surface area contributed by atoms with Crippen LogP contribution in [0, 0.1) is 13.8 Å². The summed E-state index contributed by atoms with van der Waals surface area (Å²) < 4.78 is 183. The van der Waals surface area contributed by atoms with Crippen molar-refractivity contribution in [2.75, 3.05) is 0 Å². The molecule has 0 saturated carbocycles. The molecule has 348 valence electrons. The van der Waals surface area contributed by atoms with Crippen LogP contribution in [0.15, 0.2) is 157 Å². The number of rotatable bonds is 6. The number of alkyl halides is 12.